The molecule has 124 valence electrons. The number of carboxylic acid groups (broad SMARTS) is 1. The second-order valence-corrected chi connectivity index (χ2v) is 5.14. The quantitative estimate of drug-likeness (QED) is 0.819. The number of anilines is 1. The number of aliphatic carboxylic acids is 1. The third kappa shape index (κ3) is 6.24. The highest BCUT2D eigenvalue weighted by Crippen LogP contribution is 2.24. The van der Waals surface area contributed by atoms with Gasteiger partial charge >= 0.3 is 12.1 Å². The fourth-order valence-corrected chi connectivity index (χ4v) is 2.30. The van der Waals surface area contributed by atoms with Gasteiger partial charge in [-0.15, -0.1) is 10.2 Å². The van der Waals surface area contributed by atoms with Gasteiger partial charge in [0.1, 0.15) is 11.6 Å². The molecule has 2 rings (SSSR count). The van der Waals surface area contributed by atoms with Gasteiger partial charge in [-0.2, -0.15) is 13.2 Å². The highest BCUT2D eigenvalue weighted by molar-refractivity contribution is 7.13. The number of carbonyl (C=O) groups is 2. The summed E-state index contributed by atoms with van der Waals surface area (Å²) in [7, 11) is 0. The van der Waals surface area contributed by atoms with E-state index in [-0.39, 0.29) is 0 Å². The van der Waals surface area contributed by atoms with Gasteiger partial charge in [0.15, 0.2) is 0 Å². The number of carboxylic acids is 1. The number of halogens is 3. The number of piperidine rings is 1. The molecule has 1 saturated heterocycles. The van der Waals surface area contributed by atoms with Crippen molar-refractivity contribution in [2.45, 2.75) is 32.0 Å². The largest absolute Gasteiger partial charge is 0.490 e. The summed E-state index contributed by atoms with van der Waals surface area (Å²) in [6.07, 6.45) is -4.87. The van der Waals surface area contributed by atoms with Crippen LogP contribution in [0.3, 0.4) is 0 Å². The zero-order chi connectivity index (χ0) is 16.8. The highest BCUT2D eigenvalue weighted by Gasteiger charge is 2.42. The van der Waals surface area contributed by atoms with E-state index in [2.05, 4.69) is 14.9 Å². The Morgan fingerprint density at radius 2 is 1.95 bits per heavy atom. The average molecular weight is 341 g/mol. The third-order valence-corrected chi connectivity index (χ3v) is 3.32. The monoisotopic (exact) mass is 341 g/mol. The van der Waals surface area contributed by atoms with Gasteiger partial charge in [-0.25, -0.2) is 4.79 Å². The average Bonchev–Trinajstić information content (AvgIpc) is 2.91. The molecule has 0 spiro atoms. The first-order chi connectivity index (χ1) is 10.2. The van der Waals surface area contributed by atoms with Crippen molar-refractivity contribution in [1.29, 1.82) is 0 Å². The van der Waals surface area contributed by atoms with Gasteiger partial charge in [0.2, 0.25) is 5.13 Å². The van der Waals surface area contributed by atoms with E-state index in [4.69, 9.17) is 9.90 Å². The van der Waals surface area contributed by atoms with Crippen LogP contribution in [-0.2, 0) is 14.3 Å². The lowest BCUT2D eigenvalue weighted by Gasteiger charge is -2.31. The van der Waals surface area contributed by atoms with Crippen LogP contribution in [0.1, 0.15) is 19.8 Å². The summed E-state index contributed by atoms with van der Waals surface area (Å²) in [5.41, 5.74) is 1.59. The third-order valence-electron chi connectivity index (χ3n) is 2.57. The Labute approximate surface area is 127 Å². The first kappa shape index (κ1) is 18.1. The molecule has 1 aliphatic heterocycles. The molecule has 0 atom stereocenters. The van der Waals surface area contributed by atoms with Crippen LogP contribution in [0, 0.1) is 0 Å². The minimum absolute atomic E-state index is 0.363. The van der Waals surface area contributed by atoms with Crippen molar-refractivity contribution in [3.05, 3.63) is 5.51 Å². The van der Waals surface area contributed by atoms with E-state index >= 15 is 0 Å². The fourth-order valence-electron chi connectivity index (χ4n) is 1.69. The van der Waals surface area contributed by atoms with E-state index < -0.39 is 24.2 Å². The predicted molar refractivity (Wildman–Crippen MR) is 70.6 cm³/mol. The Hall–Kier alpha value is -1.91. The highest BCUT2D eigenvalue weighted by atomic mass is 32.1. The summed E-state index contributed by atoms with van der Waals surface area (Å²) in [6, 6.07) is 0. The molecule has 1 aromatic rings. The summed E-state index contributed by atoms with van der Waals surface area (Å²) in [4.78, 5) is 21.6. The van der Waals surface area contributed by atoms with E-state index in [0.29, 0.717) is 25.9 Å². The van der Waals surface area contributed by atoms with Crippen molar-refractivity contribution in [2.75, 3.05) is 18.0 Å². The van der Waals surface area contributed by atoms with Crippen LogP contribution in [-0.4, -0.2) is 52.6 Å². The number of nitrogens with zero attached hydrogens (tertiary/aromatic N) is 3. The molecule has 0 aromatic carbocycles. The standard InChI is InChI=1S/C9H10F3N3O2S.C2H4O2/c10-9(11,12)7(16)17-6-1-3-15(4-2-6)8-14-13-5-18-8;1-2(3)4/h5-6H,1-4H2;1H3,(H,3,4). The molecule has 22 heavy (non-hydrogen) atoms. The van der Waals surface area contributed by atoms with E-state index in [9.17, 15) is 18.0 Å². The molecule has 1 fully saturated rings. The molecule has 0 amide bonds. The summed E-state index contributed by atoms with van der Waals surface area (Å²) < 4.78 is 40.4. The zero-order valence-corrected chi connectivity index (χ0v) is 12.4. The Morgan fingerprint density at radius 3 is 2.36 bits per heavy atom. The van der Waals surface area contributed by atoms with Gasteiger partial charge in [-0.1, -0.05) is 11.3 Å². The Bertz CT molecular complexity index is 483. The number of esters is 1. The van der Waals surface area contributed by atoms with Crippen molar-refractivity contribution in [3.8, 4) is 0 Å². The van der Waals surface area contributed by atoms with Crippen LogP contribution in [0.15, 0.2) is 5.51 Å². The second-order valence-electron chi connectivity index (χ2n) is 4.33. The Morgan fingerprint density at radius 1 is 1.41 bits per heavy atom. The molecule has 11 heteroatoms. The van der Waals surface area contributed by atoms with Gasteiger partial charge in [0, 0.05) is 32.9 Å². The van der Waals surface area contributed by atoms with E-state index in [0.717, 1.165) is 12.1 Å². The maximum atomic E-state index is 12.0. The van der Waals surface area contributed by atoms with Crippen LogP contribution in [0.4, 0.5) is 18.3 Å². The van der Waals surface area contributed by atoms with Gasteiger partial charge in [0.05, 0.1) is 0 Å². The molecule has 7 nitrogen and oxygen atoms in total. The van der Waals surface area contributed by atoms with Gasteiger partial charge in [-0.3, -0.25) is 4.79 Å². The molecule has 0 radical (unpaired) electrons. The molecule has 1 aromatic heterocycles. The van der Waals surface area contributed by atoms with Crippen molar-refractivity contribution in [2.24, 2.45) is 0 Å². The number of rotatable bonds is 2. The molecule has 2 heterocycles. The summed E-state index contributed by atoms with van der Waals surface area (Å²) in [6.45, 7) is 2.09. The van der Waals surface area contributed by atoms with Crippen molar-refractivity contribution in [1.82, 2.24) is 10.2 Å². The predicted octanol–water partition coefficient (Wildman–Crippen LogP) is 1.70. The first-order valence-corrected chi connectivity index (χ1v) is 7.06. The van der Waals surface area contributed by atoms with Crippen LogP contribution in [0.5, 0.6) is 0 Å². The normalized spacial score (nSPS) is 15.7. The molecule has 1 aliphatic rings. The molecular formula is C11H14F3N3O4S. The Balaban J connectivity index is 0.000000541. The van der Waals surface area contributed by atoms with Crippen molar-refractivity contribution >= 4 is 28.4 Å². The summed E-state index contributed by atoms with van der Waals surface area (Å²) in [5.74, 6) is -2.95. The van der Waals surface area contributed by atoms with Gasteiger partial charge in [0.25, 0.3) is 5.97 Å². The van der Waals surface area contributed by atoms with Crippen molar-refractivity contribution in [3.63, 3.8) is 0 Å². The van der Waals surface area contributed by atoms with Crippen LogP contribution < -0.4 is 4.90 Å². The van der Waals surface area contributed by atoms with Crippen LogP contribution in [0.25, 0.3) is 0 Å². The lowest BCUT2D eigenvalue weighted by Crippen LogP contribution is -2.40. The lowest BCUT2D eigenvalue weighted by molar-refractivity contribution is -0.205. The summed E-state index contributed by atoms with van der Waals surface area (Å²) >= 11 is 1.36. The van der Waals surface area contributed by atoms with Crippen LogP contribution in [0.2, 0.25) is 0 Å². The maximum Gasteiger partial charge on any atom is 0.490 e. The minimum Gasteiger partial charge on any atom is -0.481 e. The number of hydrogen-bond acceptors (Lipinski definition) is 7. The number of ether oxygens (including phenoxy) is 1. The number of aromatic nitrogens is 2. The first-order valence-electron chi connectivity index (χ1n) is 6.18. The van der Waals surface area contributed by atoms with E-state index in [1.807, 2.05) is 4.90 Å². The molecule has 1 N–H and O–H groups in total. The second kappa shape index (κ2) is 7.92. The molecule has 0 saturated carbocycles. The van der Waals surface area contributed by atoms with Gasteiger partial charge in [-0.05, 0) is 0 Å². The number of hydrogen-bond donors (Lipinski definition) is 1. The van der Waals surface area contributed by atoms with Crippen LogP contribution >= 0.6 is 11.3 Å². The van der Waals surface area contributed by atoms with E-state index in [1.165, 1.54) is 11.3 Å². The molecule has 0 bridgehead atoms. The van der Waals surface area contributed by atoms with Crippen molar-refractivity contribution < 1.29 is 32.6 Å². The minimum atomic E-state index is -4.92. The molecular weight excluding hydrogens is 327 g/mol. The fraction of sp³-hybridized carbons (Fsp3) is 0.636. The van der Waals surface area contributed by atoms with Gasteiger partial charge < -0.3 is 14.7 Å². The zero-order valence-electron chi connectivity index (χ0n) is 11.5. The lowest BCUT2D eigenvalue weighted by atomic mass is 10.1. The molecule has 0 aliphatic carbocycles. The maximum absolute atomic E-state index is 12.0. The smallest absolute Gasteiger partial charge is 0.481 e. The van der Waals surface area contributed by atoms with E-state index in [1.54, 1.807) is 5.51 Å². The summed E-state index contributed by atoms with van der Waals surface area (Å²) in [5, 5.41) is 15.7. The molecule has 0 unspecified atom stereocenters. The Kier molecular flexibility index (Phi) is 6.53. The number of alkyl halides is 3. The topological polar surface area (TPSA) is 92.6 Å². The number of carbonyl (C=O) groups excluding carboxylic acids is 1. The SMILES string of the molecule is CC(=O)O.O=C(OC1CCN(c2nncs2)CC1)C(F)(F)F.